The van der Waals surface area contributed by atoms with Crippen LogP contribution in [0.15, 0.2) is 0 Å². The number of thiol groups is 1. The van der Waals surface area contributed by atoms with Crippen molar-refractivity contribution in [1.82, 2.24) is 0 Å². The summed E-state index contributed by atoms with van der Waals surface area (Å²) in [6, 6.07) is 0. The van der Waals surface area contributed by atoms with Crippen molar-refractivity contribution < 1.29 is 0 Å². The minimum atomic E-state index is 1.02. The Morgan fingerprint density at radius 1 is 0.857 bits per heavy atom. The Bertz CT molecular complexity index is 238. The van der Waals surface area contributed by atoms with Gasteiger partial charge in [0.05, 0.1) is 0 Å². The largest absolute Gasteiger partial charge is 0.179 e. The molecule has 4 rings (SSSR count). The number of rotatable bonds is 1. The lowest BCUT2D eigenvalue weighted by Crippen LogP contribution is -2.27. The fourth-order valence-corrected chi connectivity index (χ4v) is 6.55. The topological polar surface area (TPSA) is 0 Å². The molecule has 4 bridgehead atoms. The van der Waals surface area contributed by atoms with Gasteiger partial charge in [-0.3, -0.25) is 0 Å². The molecule has 0 aromatic carbocycles. The van der Waals surface area contributed by atoms with E-state index in [1.54, 1.807) is 32.1 Å². The quantitative estimate of drug-likeness (QED) is 0.496. The first-order chi connectivity index (χ1) is 6.90. The number of hydrogen-bond acceptors (Lipinski definition) is 1. The van der Waals surface area contributed by atoms with Crippen molar-refractivity contribution in [2.75, 3.05) is 5.75 Å². The molecule has 4 aliphatic rings. The molecule has 4 aliphatic carbocycles. The van der Waals surface area contributed by atoms with E-state index in [4.69, 9.17) is 0 Å². The fourth-order valence-electron chi connectivity index (χ4n) is 6.01. The van der Waals surface area contributed by atoms with Gasteiger partial charge in [0.15, 0.2) is 0 Å². The molecule has 0 heterocycles. The highest BCUT2D eigenvalue weighted by Gasteiger charge is 2.62. The maximum Gasteiger partial charge on any atom is -0.00640 e. The normalized spacial score (nSPS) is 63.6. The predicted octanol–water partition coefficient (Wildman–Crippen LogP) is 3.23. The SMILES string of the molecule is SCC1C2CCC1C1C3CCC(C3)C21. The molecule has 78 valence electrons. The van der Waals surface area contributed by atoms with Crippen LogP contribution in [0.3, 0.4) is 0 Å². The standard InChI is InChI=1S/C13H20S/c14-6-11-9-3-4-10(11)13-8-2-1-7(5-8)12(9)13/h7-14H,1-6H2. The summed E-state index contributed by atoms with van der Waals surface area (Å²) >= 11 is 4.60. The van der Waals surface area contributed by atoms with Crippen LogP contribution < -0.4 is 0 Å². The van der Waals surface area contributed by atoms with E-state index in [-0.39, 0.29) is 0 Å². The Kier molecular flexibility index (Phi) is 1.65. The van der Waals surface area contributed by atoms with Crippen LogP contribution in [0.1, 0.15) is 32.1 Å². The average Bonchev–Trinajstić information content (AvgIpc) is 2.95. The monoisotopic (exact) mass is 208 g/mol. The summed E-state index contributed by atoms with van der Waals surface area (Å²) in [4.78, 5) is 0. The fraction of sp³-hybridized carbons (Fsp3) is 1.00. The highest BCUT2D eigenvalue weighted by Crippen LogP contribution is 2.69. The van der Waals surface area contributed by atoms with Gasteiger partial charge in [-0.2, -0.15) is 12.6 Å². The average molecular weight is 208 g/mol. The summed E-state index contributed by atoms with van der Waals surface area (Å²) in [6.07, 6.45) is 7.88. The molecule has 4 saturated carbocycles. The molecule has 0 N–H and O–H groups in total. The van der Waals surface area contributed by atoms with E-state index in [1.807, 2.05) is 0 Å². The van der Waals surface area contributed by atoms with Crippen LogP contribution in [0.25, 0.3) is 0 Å². The van der Waals surface area contributed by atoms with Gasteiger partial charge in [-0.15, -0.1) is 0 Å². The summed E-state index contributed by atoms with van der Waals surface area (Å²) in [6.45, 7) is 0. The van der Waals surface area contributed by atoms with Crippen molar-refractivity contribution in [1.29, 1.82) is 0 Å². The highest BCUT2D eigenvalue weighted by atomic mass is 32.1. The minimum Gasteiger partial charge on any atom is -0.179 e. The van der Waals surface area contributed by atoms with Crippen molar-refractivity contribution in [2.24, 2.45) is 41.4 Å². The lowest BCUT2D eigenvalue weighted by Gasteiger charge is -2.34. The molecule has 6 atom stereocenters. The first-order valence-electron chi connectivity index (χ1n) is 6.51. The molecule has 0 spiro atoms. The highest BCUT2D eigenvalue weighted by molar-refractivity contribution is 7.80. The van der Waals surface area contributed by atoms with Crippen molar-refractivity contribution in [2.45, 2.75) is 32.1 Å². The third kappa shape index (κ3) is 0.809. The van der Waals surface area contributed by atoms with Crippen LogP contribution in [0, 0.1) is 41.4 Å². The van der Waals surface area contributed by atoms with E-state index in [0.29, 0.717) is 0 Å². The molecule has 0 radical (unpaired) electrons. The molecule has 0 aromatic rings. The minimum absolute atomic E-state index is 1.02. The van der Waals surface area contributed by atoms with Gasteiger partial charge >= 0.3 is 0 Å². The molecule has 0 nitrogen and oxygen atoms in total. The van der Waals surface area contributed by atoms with Crippen molar-refractivity contribution in [3.8, 4) is 0 Å². The second-order valence-corrected chi connectivity index (χ2v) is 6.60. The third-order valence-electron chi connectivity index (χ3n) is 6.18. The summed E-state index contributed by atoms with van der Waals surface area (Å²) in [7, 11) is 0. The molecule has 1 heteroatoms. The van der Waals surface area contributed by atoms with Gasteiger partial charge in [-0.25, -0.2) is 0 Å². The van der Waals surface area contributed by atoms with Crippen LogP contribution in [0.4, 0.5) is 0 Å². The van der Waals surface area contributed by atoms with E-state index in [0.717, 1.165) is 29.6 Å². The first-order valence-corrected chi connectivity index (χ1v) is 7.14. The maximum absolute atomic E-state index is 4.60. The van der Waals surface area contributed by atoms with Gasteiger partial charge in [-0.05, 0) is 79.3 Å². The molecular weight excluding hydrogens is 188 g/mol. The Balaban J connectivity index is 1.73. The molecule has 6 unspecified atom stereocenters. The van der Waals surface area contributed by atoms with E-state index in [2.05, 4.69) is 12.6 Å². The molecular formula is C13H20S. The van der Waals surface area contributed by atoms with Crippen molar-refractivity contribution in [3.05, 3.63) is 0 Å². The second-order valence-electron chi connectivity index (χ2n) is 6.24. The van der Waals surface area contributed by atoms with Crippen LogP contribution in [-0.4, -0.2) is 5.75 Å². The molecule has 0 aromatic heterocycles. The first kappa shape index (κ1) is 8.50. The third-order valence-corrected chi connectivity index (χ3v) is 6.60. The molecule has 0 saturated heterocycles. The van der Waals surface area contributed by atoms with Crippen molar-refractivity contribution in [3.63, 3.8) is 0 Å². The number of fused-ring (bicyclic) bond motifs is 9. The summed E-state index contributed by atoms with van der Waals surface area (Å²) in [5, 5.41) is 0. The zero-order valence-electron chi connectivity index (χ0n) is 8.73. The summed E-state index contributed by atoms with van der Waals surface area (Å²) in [5.41, 5.74) is 0. The maximum atomic E-state index is 4.60. The van der Waals surface area contributed by atoms with E-state index >= 15 is 0 Å². The van der Waals surface area contributed by atoms with E-state index < -0.39 is 0 Å². The van der Waals surface area contributed by atoms with E-state index in [9.17, 15) is 0 Å². The Morgan fingerprint density at radius 2 is 1.43 bits per heavy atom. The van der Waals surface area contributed by atoms with Gasteiger partial charge in [0.25, 0.3) is 0 Å². The zero-order chi connectivity index (χ0) is 9.28. The molecule has 0 amide bonds. The van der Waals surface area contributed by atoms with Crippen LogP contribution >= 0.6 is 12.6 Å². The summed E-state index contributed by atoms with van der Waals surface area (Å²) in [5.74, 6) is 9.08. The van der Waals surface area contributed by atoms with Gasteiger partial charge in [0.2, 0.25) is 0 Å². The van der Waals surface area contributed by atoms with Crippen LogP contribution in [-0.2, 0) is 0 Å². The lowest BCUT2D eigenvalue weighted by atomic mass is 9.71. The second kappa shape index (κ2) is 2.72. The van der Waals surface area contributed by atoms with Crippen LogP contribution in [0.5, 0.6) is 0 Å². The smallest absolute Gasteiger partial charge is 0.00640 e. The molecule has 0 aliphatic heterocycles. The zero-order valence-corrected chi connectivity index (χ0v) is 9.63. The Hall–Kier alpha value is 0.350. The molecule has 14 heavy (non-hydrogen) atoms. The summed E-state index contributed by atoms with van der Waals surface area (Å²) < 4.78 is 0. The molecule has 4 fully saturated rings. The Labute approximate surface area is 92.3 Å². The predicted molar refractivity (Wildman–Crippen MR) is 61.4 cm³/mol. The number of hydrogen-bond donors (Lipinski definition) is 1. The van der Waals surface area contributed by atoms with E-state index in [1.165, 1.54) is 17.6 Å². The lowest BCUT2D eigenvalue weighted by molar-refractivity contribution is 0.146. The Morgan fingerprint density at radius 3 is 1.93 bits per heavy atom. The van der Waals surface area contributed by atoms with Crippen molar-refractivity contribution >= 4 is 12.6 Å². The van der Waals surface area contributed by atoms with Crippen LogP contribution in [0.2, 0.25) is 0 Å². The van der Waals surface area contributed by atoms with Gasteiger partial charge in [0, 0.05) is 0 Å². The van der Waals surface area contributed by atoms with Gasteiger partial charge in [-0.1, -0.05) is 0 Å². The van der Waals surface area contributed by atoms with Gasteiger partial charge < -0.3 is 0 Å². The van der Waals surface area contributed by atoms with Gasteiger partial charge in [0.1, 0.15) is 0 Å².